The molecule has 0 aromatic heterocycles. The van der Waals surface area contributed by atoms with Gasteiger partial charge in [0.1, 0.15) is 0 Å². The van der Waals surface area contributed by atoms with Crippen molar-refractivity contribution in [1.29, 1.82) is 0 Å². The number of hydrogen-bond donors (Lipinski definition) is 1. The van der Waals surface area contributed by atoms with Crippen LogP contribution in [0.15, 0.2) is 27.6 Å². The van der Waals surface area contributed by atoms with E-state index in [0.29, 0.717) is 0 Å². The van der Waals surface area contributed by atoms with Gasteiger partial charge in [-0.05, 0) is 39.9 Å². The third kappa shape index (κ3) is 2.42. The Morgan fingerprint density at radius 2 is 2.27 bits per heavy atom. The highest BCUT2D eigenvalue weighted by Gasteiger charge is 1.98. The van der Waals surface area contributed by atoms with Gasteiger partial charge in [-0.15, -0.1) is 11.8 Å². The van der Waals surface area contributed by atoms with Gasteiger partial charge in [0.15, 0.2) is 0 Å². The largest absolute Gasteiger partial charge is 0.399 e. The molecule has 3 heteroatoms. The molecule has 0 bridgehead atoms. The molecule has 0 unspecified atom stereocenters. The van der Waals surface area contributed by atoms with Crippen molar-refractivity contribution < 1.29 is 0 Å². The number of nitrogens with two attached hydrogens (primary N) is 1. The summed E-state index contributed by atoms with van der Waals surface area (Å²) in [6.07, 6.45) is 0. The van der Waals surface area contributed by atoms with Gasteiger partial charge >= 0.3 is 0 Å². The third-order valence-corrected chi connectivity index (χ3v) is 3.13. The Kier molecular flexibility index (Phi) is 3.27. The average molecular weight is 232 g/mol. The van der Waals surface area contributed by atoms with Gasteiger partial charge in [-0.2, -0.15) is 0 Å². The van der Waals surface area contributed by atoms with Crippen molar-refractivity contribution in [3.05, 3.63) is 22.7 Å². The number of benzene rings is 1. The first kappa shape index (κ1) is 8.94. The van der Waals surface area contributed by atoms with Crippen LogP contribution in [-0.4, -0.2) is 5.75 Å². The van der Waals surface area contributed by atoms with E-state index in [-0.39, 0.29) is 0 Å². The zero-order valence-electron chi connectivity index (χ0n) is 6.30. The summed E-state index contributed by atoms with van der Waals surface area (Å²) < 4.78 is 1.09. The summed E-state index contributed by atoms with van der Waals surface area (Å²) in [5.41, 5.74) is 6.39. The molecule has 1 rings (SSSR count). The van der Waals surface area contributed by atoms with E-state index < -0.39 is 0 Å². The Morgan fingerprint density at radius 3 is 2.82 bits per heavy atom. The Morgan fingerprint density at radius 1 is 1.55 bits per heavy atom. The fraction of sp³-hybridized carbons (Fsp3) is 0.250. The summed E-state index contributed by atoms with van der Waals surface area (Å²) in [5, 5.41) is 0. The van der Waals surface area contributed by atoms with Gasteiger partial charge in [-0.25, -0.2) is 0 Å². The molecule has 0 spiro atoms. The number of thioether (sulfide) groups is 1. The van der Waals surface area contributed by atoms with Crippen molar-refractivity contribution >= 4 is 33.4 Å². The van der Waals surface area contributed by atoms with Crippen molar-refractivity contribution in [2.45, 2.75) is 11.8 Å². The van der Waals surface area contributed by atoms with Gasteiger partial charge in [0, 0.05) is 15.1 Å². The lowest BCUT2D eigenvalue weighted by molar-refractivity contribution is 1.39. The summed E-state index contributed by atoms with van der Waals surface area (Å²) in [6, 6.07) is 5.88. The molecule has 0 aliphatic rings. The molecular weight excluding hydrogens is 222 g/mol. The summed E-state index contributed by atoms with van der Waals surface area (Å²) in [6.45, 7) is 2.13. The van der Waals surface area contributed by atoms with Crippen LogP contribution in [0.5, 0.6) is 0 Å². The van der Waals surface area contributed by atoms with Crippen molar-refractivity contribution in [2.24, 2.45) is 0 Å². The van der Waals surface area contributed by atoms with E-state index in [9.17, 15) is 0 Å². The van der Waals surface area contributed by atoms with Crippen molar-refractivity contribution in [3.8, 4) is 0 Å². The molecule has 0 saturated carbocycles. The normalized spacial score (nSPS) is 10.0. The molecule has 0 fully saturated rings. The van der Waals surface area contributed by atoms with Crippen LogP contribution >= 0.6 is 27.7 Å². The Balaban J connectivity index is 2.90. The first-order chi connectivity index (χ1) is 5.24. The third-order valence-electron chi connectivity index (χ3n) is 1.26. The van der Waals surface area contributed by atoms with Gasteiger partial charge < -0.3 is 5.73 Å². The highest BCUT2D eigenvalue weighted by molar-refractivity contribution is 9.10. The molecule has 0 saturated heterocycles. The predicted octanol–water partition coefficient (Wildman–Crippen LogP) is 3.14. The molecule has 0 atom stereocenters. The maximum atomic E-state index is 5.58. The van der Waals surface area contributed by atoms with Crippen LogP contribution in [0.2, 0.25) is 0 Å². The van der Waals surface area contributed by atoms with E-state index in [0.717, 1.165) is 15.9 Å². The molecule has 1 aromatic rings. The average Bonchev–Trinajstić information content (AvgIpc) is 1.95. The monoisotopic (exact) mass is 231 g/mol. The molecule has 1 nitrogen and oxygen atoms in total. The van der Waals surface area contributed by atoms with Gasteiger partial charge in [0.05, 0.1) is 0 Å². The number of hydrogen-bond acceptors (Lipinski definition) is 2. The summed E-state index contributed by atoms with van der Waals surface area (Å²) in [5.74, 6) is 1.09. The van der Waals surface area contributed by atoms with E-state index >= 15 is 0 Å². The molecule has 0 aliphatic heterocycles. The molecule has 0 aliphatic carbocycles. The lowest BCUT2D eigenvalue weighted by atomic mass is 10.3. The molecule has 60 valence electrons. The predicted molar refractivity (Wildman–Crippen MR) is 55.0 cm³/mol. The summed E-state index contributed by atoms with van der Waals surface area (Å²) in [7, 11) is 0. The first-order valence-corrected chi connectivity index (χ1v) is 5.19. The molecule has 1 aromatic carbocycles. The maximum Gasteiger partial charge on any atom is 0.0331 e. The lowest BCUT2D eigenvalue weighted by Gasteiger charge is -2.02. The second-order valence-electron chi connectivity index (χ2n) is 2.12. The Hall–Kier alpha value is -0.150. The van der Waals surface area contributed by atoms with Crippen molar-refractivity contribution in [3.63, 3.8) is 0 Å². The Labute approximate surface area is 79.5 Å². The zero-order valence-corrected chi connectivity index (χ0v) is 8.71. The second kappa shape index (κ2) is 4.02. The standard InChI is InChI=1S/C8H10BrNS/c1-2-11-8-4-3-6(10)5-7(8)9/h3-5H,2,10H2,1H3. The highest BCUT2D eigenvalue weighted by atomic mass is 79.9. The molecule has 0 heterocycles. The van der Waals surface area contributed by atoms with Crippen LogP contribution in [0.25, 0.3) is 0 Å². The second-order valence-corrected chi connectivity index (χ2v) is 4.28. The fourth-order valence-electron chi connectivity index (χ4n) is 0.790. The molecule has 2 N–H and O–H groups in total. The summed E-state index contributed by atoms with van der Waals surface area (Å²) in [4.78, 5) is 1.25. The van der Waals surface area contributed by atoms with Crippen LogP contribution < -0.4 is 5.73 Å². The minimum atomic E-state index is 0.803. The molecular formula is C8H10BrNS. The SMILES string of the molecule is CCSc1ccc(N)cc1Br. The van der Waals surface area contributed by atoms with E-state index in [1.165, 1.54) is 4.90 Å². The van der Waals surface area contributed by atoms with Crippen molar-refractivity contribution in [2.75, 3.05) is 11.5 Å². The number of anilines is 1. The first-order valence-electron chi connectivity index (χ1n) is 3.42. The maximum absolute atomic E-state index is 5.58. The minimum Gasteiger partial charge on any atom is -0.399 e. The molecule has 0 radical (unpaired) electrons. The van der Waals surface area contributed by atoms with E-state index in [1.54, 1.807) is 0 Å². The highest BCUT2D eigenvalue weighted by Crippen LogP contribution is 2.28. The smallest absolute Gasteiger partial charge is 0.0331 e. The van der Waals surface area contributed by atoms with Gasteiger partial charge in [-0.3, -0.25) is 0 Å². The fourth-order valence-corrected chi connectivity index (χ4v) is 2.20. The van der Waals surface area contributed by atoms with Crippen LogP contribution in [0, 0.1) is 0 Å². The summed E-state index contributed by atoms with van der Waals surface area (Å²) >= 11 is 5.26. The van der Waals surface area contributed by atoms with Crippen LogP contribution in [0.3, 0.4) is 0 Å². The van der Waals surface area contributed by atoms with Crippen LogP contribution in [-0.2, 0) is 0 Å². The molecule has 0 amide bonds. The lowest BCUT2D eigenvalue weighted by Crippen LogP contribution is -1.84. The van der Waals surface area contributed by atoms with Crippen LogP contribution in [0.1, 0.15) is 6.92 Å². The van der Waals surface area contributed by atoms with E-state index in [2.05, 4.69) is 22.9 Å². The Bertz CT molecular complexity index is 250. The van der Waals surface area contributed by atoms with Crippen molar-refractivity contribution in [1.82, 2.24) is 0 Å². The zero-order chi connectivity index (χ0) is 8.27. The van der Waals surface area contributed by atoms with Gasteiger partial charge in [-0.1, -0.05) is 6.92 Å². The number of nitrogen functional groups attached to an aromatic ring is 1. The van der Waals surface area contributed by atoms with E-state index in [1.807, 2.05) is 30.0 Å². The van der Waals surface area contributed by atoms with Gasteiger partial charge in [0.25, 0.3) is 0 Å². The molecule has 11 heavy (non-hydrogen) atoms. The minimum absolute atomic E-state index is 0.803. The number of rotatable bonds is 2. The van der Waals surface area contributed by atoms with Crippen LogP contribution in [0.4, 0.5) is 5.69 Å². The quantitative estimate of drug-likeness (QED) is 0.626. The van der Waals surface area contributed by atoms with Gasteiger partial charge in [0.2, 0.25) is 0 Å². The number of halogens is 1. The van der Waals surface area contributed by atoms with E-state index in [4.69, 9.17) is 5.73 Å². The topological polar surface area (TPSA) is 26.0 Å².